The predicted octanol–water partition coefficient (Wildman–Crippen LogP) is 4.32. The van der Waals surface area contributed by atoms with E-state index in [1.165, 1.54) is 11.3 Å². The van der Waals surface area contributed by atoms with Crippen LogP contribution in [0.25, 0.3) is 0 Å². The molecule has 0 radical (unpaired) electrons. The zero-order valence-electron chi connectivity index (χ0n) is 9.58. The number of thioether (sulfide) groups is 1. The van der Waals surface area contributed by atoms with E-state index in [4.69, 9.17) is 0 Å². The fourth-order valence-electron chi connectivity index (χ4n) is 1.25. The van der Waals surface area contributed by atoms with Crippen LogP contribution in [0.1, 0.15) is 39.2 Å². The zero-order valence-corrected chi connectivity index (χ0v) is 10.4. The highest BCUT2D eigenvalue weighted by atomic mass is 32.2. The lowest BCUT2D eigenvalue weighted by Crippen LogP contribution is -2.10. The molecule has 14 heavy (non-hydrogen) atoms. The third kappa shape index (κ3) is 4.19. The van der Waals surface area contributed by atoms with E-state index in [-0.39, 0.29) is 0 Å². The molecule has 0 bridgehead atoms. The third-order valence-corrected chi connectivity index (χ3v) is 3.67. The first-order valence-electron chi connectivity index (χ1n) is 5.18. The molecule has 0 aliphatic carbocycles. The molecule has 0 aromatic heterocycles. The van der Waals surface area contributed by atoms with E-state index in [0.717, 1.165) is 0 Å². The molecule has 0 N–H and O–H groups in total. The Bertz CT molecular complexity index is 258. The van der Waals surface area contributed by atoms with Gasteiger partial charge in [0.2, 0.25) is 0 Å². The molecule has 0 aliphatic rings. The molecule has 0 spiro atoms. The summed E-state index contributed by atoms with van der Waals surface area (Å²) in [6.45, 7) is 9.12. The molecule has 1 heteroatoms. The van der Waals surface area contributed by atoms with E-state index in [9.17, 15) is 0 Å². The Hall–Kier alpha value is -0.430. The molecule has 1 aromatic rings. The van der Waals surface area contributed by atoms with Gasteiger partial charge in [-0.15, -0.1) is 0 Å². The summed E-state index contributed by atoms with van der Waals surface area (Å²) >= 11 is 2.04. The number of hydrogen-bond acceptors (Lipinski definition) is 1. The standard InChI is InChI=1S/C13H20S/c1-11(10-14-13(2,3)4)12-8-6-5-7-9-12/h5-9,11H,10H2,1-4H3. The minimum Gasteiger partial charge on any atom is -0.155 e. The SMILES string of the molecule is CC(CSC(C)(C)C)c1ccccc1. The molecule has 0 fully saturated rings. The van der Waals surface area contributed by atoms with E-state index in [2.05, 4.69) is 58.0 Å². The van der Waals surface area contributed by atoms with Crippen molar-refractivity contribution in [1.29, 1.82) is 0 Å². The van der Waals surface area contributed by atoms with Gasteiger partial charge in [-0.25, -0.2) is 0 Å². The third-order valence-electron chi connectivity index (χ3n) is 2.13. The van der Waals surface area contributed by atoms with Crippen LogP contribution in [-0.2, 0) is 0 Å². The first kappa shape index (κ1) is 11.6. The number of hydrogen-bond donors (Lipinski definition) is 0. The minimum absolute atomic E-state index is 0.378. The maximum atomic E-state index is 2.30. The van der Waals surface area contributed by atoms with Gasteiger partial charge in [0, 0.05) is 10.5 Å². The summed E-state index contributed by atoms with van der Waals surface area (Å²) in [6, 6.07) is 10.7. The summed E-state index contributed by atoms with van der Waals surface area (Å²) in [4.78, 5) is 0. The quantitative estimate of drug-likeness (QED) is 0.713. The van der Waals surface area contributed by atoms with Crippen molar-refractivity contribution >= 4 is 11.8 Å². The van der Waals surface area contributed by atoms with Gasteiger partial charge in [0.05, 0.1) is 0 Å². The fourth-order valence-corrected chi connectivity index (χ4v) is 2.20. The lowest BCUT2D eigenvalue weighted by Gasteiger charge is -2.20. The summed E-state index contributed by atoms with van der Waals surface area (Å²) in [5.74, 6) is 1.86. The van der Waals surface area contributed by atoms with Gasteiger partial charge in [-0.3, -0.25) is 0 Å². The van der Waals surface area contributed by atoms with Gasteiger partial charge in [0.1, 0.15) is 0 Å². The topological polar surface area (TPSA) is 0 Å². The molecule has 0 saturated heterocycles. The summed E-state index contributed by atoms with van der Waals surface area (Å²) < 4.78 is 0.378. The molecule has 0 aliphatic heterocycles. The van der Waals surface area contributed by atoms with Gasteiger partial charge in [-0.2, -0.15) is 11.8 Å². The monoisotopic (exact) mass is 208 g/mol. The van der Waals surface area contributed by atoms with Crippen LogP contribution in [0.5, 0.6) is 0 Å². The Morgan fingerprint density at radius 1 is 1.14 bits per heavy atom. The first-order valence-corrected chi connectivity index (χ1v) is 6.16. The maximum Gasteiger partial charge on any atom is 0.00753 e. The van der Waals surface area contributed by atoms with E-state index >= 15 is 0 Å². The Balaban J connectivity index is 2.48. The average molecular weight is 208 g/mol. The number of rotatable bonds is 3. The van der Waals surface area contributed by atoms with Crippen LogP contribution in [0.15, 0.2) is 30.3 Å². The van der Waals surface area contributed by atoms with Crippen molar-refractivity contribution in [3.63, 3.8) is 0 Å². The van der Waals surface area contributed by atoms with Crippen LogP contribution in [0.3, 0.4) is 0 Å². The summed E-state index contributed by atoms with van der Waals surface area (Å²) in [7, 11) is 0. The van der Waals surface area contributed by atoms with E-state index in [0.29, 0.717) is 10.7 Å². The van der Waals surface area contributed by atoms with Gasteiger partial charge >= 0.3 is 0 Å². The Kier molecular flexibility index (Phi) is 4.06. The average Bonchev–Trinajstić information content (AvgIpc) is 2.14. The van der Waals surface area contributed by atoms with Crippen molar-refractivity contribution in [3.8, 4) is 0 Å². The smallest absolute Gasteiger partial charge is 0.00753 e. The molecular formula is C13H20S. The summed E-state index contributed by atoms with van der Waals surface area (Å²) in [5.41, 5.74) is 1.45. The summed E-state index contributed by atoms with van der Waals surface area (Å²) in [5, 5.41) is 0. The molecule has 1 rings (SSSR count). The highest BCUT2D eigenvalue weighted by Crippen LogP contribution is 2.29. The highest BCUT2D eigenvalue weighted by molar-refractivity contribution is 8.00. The molecule has 1 aromatic carbocycles. The van der Waals surface area contributed by atoms with Gasteiger partial charge in [-0.05, 0) is 11.5 Å². The van der Waals surface area contributed by atoms with Crippen LogP contribution in [0.2, 0.25) is 0 Å². The Morgan fingerprint density at radius 3 is 2.21 bits per heavy atom. The molecule has 1 unspecified atom stereocenters. The molecular weight excluding hydrogens is 188 g/mol. The fraction of sp³-hybridized carbons (Fsp3) is 0.538. The van der Waals surface area contributed by atoms with Crippen molar-refractivity contribution in [2.45, 2.75) is 38.4 Å². The predicted molar refractivity (Wildman–Crippen MR) is 67.1 cm³/mol. The summed E-state index contributed by atoms with van der Waals surface area (Å²) in [6.07, 6.45) is 0. The van der Waals surface area contributed by atoms with Crippen molar-refractivity contribution in [2.24, 2.45) is 0 Å². The molecule has 78 valence electrons. The zero-order chi connectivity index (χ0) is 10.6. The van der Waals surface area contributed by atoms with Gasteiger partial charge in [-0.1, -0.05) is 58.0 Å². The van der Waals surface area contributed by atoms with Crippen LogP contribution in [0, 0.1) is 0 Å². The lowest BCUT2D eigenvalue weighted by molar-refractivity contribution is 0.789. The van der Waals surface area contributed by atoms with E-state index in [1.807, 2.05) is 11.8 Å². The van der Waals surface area contributed by atoms with Crippen molar-refractivity contribution in [3.05, 3.63) is 35.9 Å². The van der Waals surface area contributed by atoms with Crippen LogP contribution in [-0.4, -0.2) is 10.5 Å². The molecule has 0 saturated carbocycles. The highest BCUT2D eigenvalue weighted by Gasteiger charge is 2.13. The normalized spacial score (nSPS) is 14.0. The second-order valence-corrected chi connectivity index (χ2v) is 6.58. The second kappa shape index (κ2) is 4.88. The van der Waals surface area contributed by atoms with Gasteiger partial charge in [0.15, 0.2) is 0 Å². The molecule has 0 nitrogen and oxygen atoms in total. The molecule has 0 amide bonds. The van der Waals surface area contributed by atoms with Crippen molar-refractivity contribution < 1.29 is 0 Å². The Labute approximate surface area is 92.1 Å². The van der Waals surface area contributed by atoms with Crippen LogP contribution < -0.4 is 0 Å². The lowest BCUT2D eigenvalue weighted by atomic mass is 10.0. The van der Waals surface area contributed by atoms with Crippen molar-refractivity contribution in [1.82, 2.24) is 0 Å². The van der Waals surface area contributed by atoms with Crippen LogP contribution >= 0.6 is 11.8 Å². The van der Waals surface area contributed by atoms with Crippen molar-refractivity contribution in [2.75, 3.05) is 5.75 Å². The molecule has 0 heterocycles. The largest absolute Gasteiger partial charge is 0.155 e. The minimum atomic E-state index is 0.378. The van der Waals surface area contributed by atoms with E-state index < -0.39 is 0 Å². The maximum absolute atomic E-state index is 2.30. The first-order chi connectivity index (χ1) is 6.49. The number of benzene rings is 1. The van der Waals surface area contributed by atoms with E-state index in [1.54, 1.807) is 0 Å². The molecule has 1 atom stereocenters. The van der Waals surface area contributed by atoms with Gasteiger partial charge < -0.3 is 0 Å². The van der Waals surface area contributed by atoms with Crippen LogP contribution in [0.4, 0.5) is 0 Å². The van der Waals surface area contributed by atoms with Gasteiger partial charge in [0.25, 0.3) is 0 Å². The Morgan fingerprint density at radius 2 is 1.71 bits per heavy atom. The second-order valence-electron chi connectivity index (χ2n) is 4.74.